The van der Waals surface area contributed by atoms with Crippen molar-refractivity contribution in [3.05, 3.63) is 0 Å². The molecular formula is C11H24N2O. The van der Waals surface area contributed by atoms with E-state index in [0.717, 1.165) is 19.3 Å². The lowest BCUT2D eigenvalue weighted by Gasteiger charge is -2.26. The Morgan fingerprint density at radius 1 is 1.43 bits per heavy atom. The van der Waals surface area contributed by atoms with Crippen LogP contribution in [0.15, 0.2) is 0 Å². The van der Waals surface area contributed by atoms with E-state index in [2.05, 4.69) is 13.8 Å². The number of hydrogen-bond donors (Lipinski definition) is 1. The fourth-order valence-electron chi connectivity index (χ4n) is 1.39. The molecule has 3 nitrogen and oxygen atoms in total. The smallest absolute Gasteiger partial charge is 0.225 e. The zero-order valence-corrected chi connectivity index (χ0v) is 9.92. The van der Waals surface area contributed by atoms with Crippen LogP contribution in [0.3, 0.4) is 0 Å². The number of carbonyl (C=O) groups excluding carboxylic acids is 1. The fourth-order valence-corrected chi connectivity index (χ4v) is 1.39. The Hall–Kier alpha value is -0.570. The largest absolute Gasteiger partial charge is 0.343 e. The van der Waals surface area contributed by atoms with E-state index in [1.807, 2.05) is 18.9 Å². The number of rotatable bonds is 6. The van der Waals surface area contributed by atoms with Crippen molar-refractivity contribution in [2.24, 2.45) is 11.7 Å². The van der Waals surface area contributed by atoms with Gasteiger partial charge in [0.2, 0.25) is 5.91 Å². The minimum atomic E-state index is 0.109. The van der Waals surface area contributed by atoms with Crippen LogP contribution in [-0.4, -0.2) is 30.4 Å². The Labute approximate surface area is 87.6 Å². The maximum absolute atomic E-state index is 11.8. The second kappa shape index (κ2) is 6.82. The zero-order valence-electron chi connectivity index (χ0n) is 9.92. The zero-order chi connectivity index (χ0) is 11.1. The number of hydrogen-bond acceptors (Lipinski definition) is 2. The predicted molar refractivity (Wildman–Crippen MR) is 60.0 cm³/mol. The Morgan fingerprint density at radius 2 is 2.00 bits per heavy atom. The maximum Gasteiger partial charge on any atom is 0.225 e. The van der Waals surface area contributed by atoms with Crippen LogP contribution in [-0.2, 0) is 4.79 Å². The first-order chi connectivity index (χ1) is 6.54. The molecule has 2 unspecified atom stereocenters. The SMILES string of the molecule is CCC(C)N(C)C(=O)C(C)CCCN. The number of nitrogens with two attached hydrogens (primary N) is 1. The van der Waals surface area contributed by atoms with Crippen LogP contribution in [0.2, 0.25) is 0 Å². The standard InChI is InChI=1S/C11H24N2O/c1-5-10(3)13(4)11(14)9(2)7-6-8-12/h9-10H,5-8,12H2,1-4H3. The molecule has 0 aliphatic heterocycles. The second-order valence-electron chi connectivity index (χ2n) is 4.04. The van der Waals surface area contributed by atoms with Gasteiger partial charge in [-0.05, 0) is 32.7 Å². The van der Waals surface area contributed by atoms with Gasteiger partial charge in [-0.15, -0.1) is 0 Å². The topological polar surface area (TPSA) is 46.3 Å². The highest BCUT2D eigenvalue weighted by Gasteiger charge is 2.19. The van der Waals surface area contributed by atoms with E-state index < -0.39 is 0 Å². The van der Waals surface area contributed by atoms with Gasteiger partial charge in [-0.3, -0.25) is 4.79 Å². The Balaban J connectivity index is 4.03. The number of nitrogens with zero attached hydrogens (tertiary/aromatic N) is 1. The summed E-state index contributed by atoms with van der Waals surface area (Å²) in [6.45, 7) is 6.83. The molecule has 0 heterocycles. The van der Waals surface area contributed by atoms with Crippen molar-refractivity contribution in [3.63, 3.8) is 0 Å². The first-order valence-corrected chi connectivity index (χ1v) is 5.51. The van der Waals surface area contributed by atoms with Crippen molar-refractivity contribution in [1.29, 1.82) is 0 Å². The summed E-state index contributed by atoms with van der Waals surface area (Å²) in [5.41, 5.74) is 5.41. The lowest BCUT2D eigenvalue weighted by atomic mass is 10.0. The van der Waals surface area contributed by atoms with Crippen LogP contribution in [0.1, 0.15) is 40.0 Å². The number of carbonyl (C=O) groups is 1. The molecule has 0 saturated carbocycles. The molecule has 0 aromatic heterocycles. The third-order valence-electron chi connectivity index (χ3n) is 2.86. The van der Waals surface area contributed by atoms with Crippen molar-refractivity contribution >= 4 is 5.91 Å². The summed E-state index contributed by atoms with van der Waals surface area (Å²) in [5.74, 6) is 0.352. The van der Waals surface area contributed by atoms with Crippen LogP contribution >= 0.6 is 0 Å². The lowest BCUT2D eigenvalue weighted by molar-refractivity contribution is -0.135. The van der Waals surface area contributed by atoms with E-state index in [0.29, 0.717) is 12.6 Å². The van der Waals surface area contributed by atoms with E-state index in [1.54, 1.807) is 0 Å². The van der Waals surface area contributed by atoms with Crippen molar-refractivity contribution in [2.75, 3.05) is 13.6 Å². The average molecular weight is 200 g/mol. The molecule has 0 aliphatic carbocycles. The molecule has 0 aromatic rings. The Morgan fingerprint density at radius 3 is 2.43 bits per heavy atom. The molecule has 0 aromatic carbocycles. The van der Waals surface area contributed by atoms with Gasteiger partial charge in [-0.1, -0.05) is 13.8 Å². The third-order valence-corrected chi connectivity index (χ3v) is 2.86. The third kappa shape index (κ3) is 4.09. The number of amides is 1. The summed E-state index contributed by atoms with van der Waals surface area (Å²) in [5, 5.41) is 0. The lowest BCUT2D eigenvalue weighted by Crippen LogP contribution is -2.38. The summed E-state index contributed by atoms with van der Waals surface area (Å²) in [6, 6.07) is 0.336. The van der Waals surface area contributed by atoms with Crippen LogP contribution in [0.4, 0.5) is 0 Å². The molecule has 2 N–H and O–H groups in total. The van der Waals surface area contributed by atoms with Crippen molar-refractivity contribution in [2.45, 2.75) is 46.1 Å². The summed E-state index contributed by atoms with van der Waals surface area (Å²) < 4.78 is 0. The van der Waals surface area contributed by atoms with Crippen molar-refractivity contribution in [3.8, 4) is 0 Å². The molecule has 0 aliphatic rings. The Kier molecular flexibility index (Phi) is 6.54. The molecule has 0 fully saturated rings. The fraction of sp³-hybridized carbons (Fsp3) is 0.909. The summed E-state index contributed by atoms with van der Waals surface area (Å²) in [4.78, 5) is 13.7. The van der Waals surface area contributed by atoms with E-state index in [-0.39, 0.29) is 11.8 Å². The molecule has 0 rings (SSSR count). The predicted octanol–water partition coefficient (Wildman–Crippen LogP) is 1.62. The molecule has 0 radical (unpaired) electrons. The highest BCUT2D eigenvalue weighted by atomic mass is 16.2. The van der Waals surface area contributed by atoms with Crippen molar-refractivity contribution < 1.29 is 4.79 Å². The van der Waals surface area contributed by atoms with E-state index in [1.165, 1.54) is 0 Å². The highest BCUT2D eigenvalue weighted by Crippen LogP contribution is 2.11. The van der Waals surface area contributed by atoms with Gasteiger partial charge in [0, 0.05) is 19.0 Å². The van der Waals surface area contributed by atoms with Crippen LogP contribution in [0, 0.1) is 5.92 Å². The molecule has 0 saturated heterocycles. The summed E-state index contributed by atoms with van der Waals surface area (Å²) >= 11 is 0. The van der Waals surface area contributed by atoms with Crippen LogP contribution in [0.5, 0.6) is 0 Å². The maximum atomic E-state index is 11.8. The van der Waals surface area contributed by atoms with Gasteiger partial charge < -0.3 is 10.6 Å². The van der Waals surface area contributed by atoms with Gasteiger partial charge in [-0.25, -0.2) is 0 Å². The van der Waals surface area contributed by atoms with Crippen molar-refractivity contribution in [1.82, 2.24) is 4.90 Å². The summed E-state index contributed by atoms with van der Waals surface area (Å²) in [6.07, 6.45) is 2.84. The molecule has 0 bridgehead atoms. The monoisotopic (exact) mass is 200 g/mol. The molecule has 2 atom stereocenters. The quantitative estimate of drug-likeness (QED) is 0.708. The molecule has 14 heavy (non-hydrogen) atoms. The minimum Gasteiger partial charge on any atom is -0.343 e. The molecule has 3 heteroatoms. The highest BCUT2D eigenvalue weighted by molar-refractivity contribution is 5.78. The van der Waals surface area contributed by atoms with Crippen LogP contribution < -0.4 is 5.73 Å². The van der Waals surface area contributed by atoms with Gasteiger partial charge in [0.1, 0.15) is 0 Å². The normalized spacial score (nSPS) is 14.9. The van der Waals surface area contributed by atoms with Gasteiger partial charge in [0.15, 0.2) is 0 Å². The van der Waals surface area contributed by atoms with Gasteiger partial charge in [0.05, 0.1) is 0 Å². The summed E-state index contributed by atoms with van der Waals surface area (Å²) in [7, 11) is 1.88. The second-order valence-corrected chi connectivity index (χ2v) is 4.04. The molecule has 84 valence electrons. The van der Waals surface area contributed by atoms with Gasteiger partial charge in [0.25, 0.3) is 0 Å². The Bertz CT molecular complexity index is 171. The van der Waals surface area contributed by atoms with E-state index in [4.69, 9.17) is 5.73 Å². The molecule has 0 spiro atoms. The first-order valence-electron chi connectivity index (χ1n) is 5.51. The van der Waals surface area contributed by atoms with Crippen LogP contribution in [0.25, 0.3) is 0 Å². The molecule has 1 amide bonds. The van der Waals surface area contributed by atoms with E-state index in [9.17, 15) is 4.79 Å². The minimum absolute atomic E-state index is 0.109. The first kappa shape index (κ1) is 13.4. The molecular weight excluding hydrogens is 176 g/mol. The van der Waals surface area contributed by atoms with Gasteiger partial charge in [-0.2, -0.15) is 0 Å². The average Bonchev–Trinajstić information content (AvgIpc) is 2.22. The van der Waals surface area contributed by atoms with Gasteiger partial charge >= 0.3 is 0 Å². The van der Waals surface area contributed by atoms with E-state index >= 15 is 0 Å².